The SMILES string of the molecule is CC(C)Nc1ccc(C(=O)N2CCc3ccccc3C2)nn1. The van der Waals surface area contributed by atoms with Gasteiger partial charge in [0, 0.05) is 19.1 Å². The second kappa shape index (κ2) is 6.13. The first-order valence-corrected chi connectivity index (χ1v) is 7.60. The summed E-state index contributed by atoms with van der Waals surface area (Å²) in [5, 5.41) is 11.3. The normalized spacial score (nSPS) is 13.9. The van der Waals surface area contributed by atoms with Crippen LogP contribution in [0.5, 0.6) is 0 Å². The Bertz CT molecular complexity index is 667. The summed E-state index contributed by atoms with van der Waals surface area (Å²) in [7, 11) is 0. The fourth-order valence-electron chi connectivity index (χ4n) is 2.65. The van der Waals surface area contributed by atoms with Crippen LogP contribution in [-0.4, -0.2) is 33.6 Å². The first kappa shape index (κ1) is 14.5. The van der Waals surface area contributed by atoms with Gasteiger partial charge in [-0.25, -0.2) is 0 Å². The number of amides is 1. The molecule has 3 rings (SSSR count). The quantitative estimate of drug-likeness (QED) is 0.945. The van der Waals surface area contributed by atoms with Crippen LogP contribution in [0.15, 0.2) is 36.4 Å². The summed E-state index contributed by atoms with van der Waals surface area (Å²) in [6.07, 6.45) is 0.891. The number of carbonyl (C=O) groups is 1. The van der Waals surface area contributed by atoms with Crippen molar-refractivity contribution in [1.82, 2.24) is 15.1 Å². The summed E-state index contributed by atoms with van der Waals surface area (Å²) in [4.78, 5) is 14.4. The van der Waals surface area contributed by atoms with Crippen LogP contribution < -0.4 is 5.32 Å². The lowest BCUT2D eigenvalue weighted by atomic mass is 10.00. The largest absolute Gasteiger partial charge is 0.366 e. The minimum absolute atomic E-state index is 0.0573. The van der Waals surface area contributed by atoms with Crippen molar-refractivity contribution < 1.29 is 4.79 Å². The monoisotopic (exact) mass is 296 g/mol. The summed E-state index contributed by atoms with van der Waals surface area (Å²) in [5.74, 6) is 0.633. The number of fused-ring (bicyclic) bond motifs is 1. The van der Waals surface area contributed by atoms with Gasteiger partial charge in [-0.15, -0.1) is 10.2 Å². The van der Waals surface area contributed by atoms with Crippen molar-refractivity contribution in [3.05, 3.63) is 53.2 Å². The molecule has 5 heteroatoms. The zero-order chi connectivity index (χ0) is 15.5. The van der Waals surface area contributed by atoms with E-state index in [9.17, 15) is 4.79 Å². The van der Waals surface area contributed by atoms with Gasteiger partial charge in [0.15, 0.2) is 5.69 Å². The van der Waals surface area contributed by atoms with Gasteiger partial charge in [0.05, 0.1) is 0 Å². The number of rotatable bonds is 3. The predicted octanol–water partition coefficient (Wildman–Crippen LogP) is 2.50. The highest BCUT2D eigenvalue weighted by atomic mass is 16.2. The van der Waals surface area contributed by atoms with Crippen LogP contribution in [0.25, 0.3) is 0 Å². The van der Waals surface area contributed by atoms with E-state index >= 15 is 0 Å². The number of carbonyl (C=O) groups excluding carboxylic acids is 1. The molecular weight excluding hydrogens is 276 g/mol. The van der Waals surface area contributed by atoms with E-state index in [1.165, 1.54) is 11.1 Å². The number of anilines is 1. The van der Waals surface area contributed by atoms with Crippen molar-refractivity contribution in [2.75, 3.05) is 11.9 Å². The maximum atomic E-state index is 12.5. The molecule has 0 saturated carbocycles. The Kier molecular flexibility index (Phi) is 4.04. The van der Waals surface area contributed by atoms with Crippen LogP contribution in [0.3, 0.4) is 0 Å². The van der Waals surface area contributed by atoms with Crippen molar-refractivity contribution >= 4 is 11.7 Å². The smallest absolute Gasteiger partial charge is 0.274 e. The lowest BCUT2D eigenvalue weighted by molar-refractivity contribution is 0.0727. The van der Waals surface area contributed by atoms with E-state index in [2.05, 4.69) is 27.6 Å². The second-order valence-corrected chi connectivity index (χ2v) is 5.85. The van der Waals surface area contributed by atoms with Crippen molar-refractivity contribution in [2.45, 2.75) is 32.9 Å². The standard InChI is InChI=1S/C17H20N4O/c1-12(2)18-16-8-7-15(19-20-16)17(22)21-10-9-13-5-3-4-6-14(13)11-21/h3-8,12H,9-11H2,1-2H3,(H,18,20). The molecule has 0 atom stereocenters. The zero-order valence-corrected chi connectivity index (χ0v) is 12.9. The van der Waals surface area contributed by atoms with Crippen molar-refractivity contribution in [2.24, 2.45) is 0 Å². The minimum atomic E-state index is -0.0573. The summed E-state index contributed by atoms with van der Waals surface area (Å²) in [5.41, 5.74) is 2.94. The van der Waals surface area contributed by atoms with Gasteiger partial charge in [-0.2, -0.15) is 0 Å². The highest BCUT2D eigenvalue weighted by Crippen LogP contribution is 2.19. The van der Waals surface area contributed by atoms with Gasteiger partial charge in [0.1, 0.15) is 5.82 Å². The Labute approximate surface area is 130 Å². The number of nitrogens with zero attached hydrogens (tertiary/aromatic N) is 3. The van der Waals surface area contributed by atoms with Crippen molar-refractivity contribution in [1.29, 1.82) is 0 Å². The molecular formula is C17H20N4O. The Balaban J connectivity index is 1.72. The summed E-state index contributed by atoms with van der Waals surface area (Å²) in [6.45, 7) is 5.43. The van der Waals surface area contributed by atoms with E-state index < -0.39 is 0 Å². The summed E-state index contributed by atoms with van der Waals surface area (Å²) < 4.78 is 0. The topological polar surface area (TPSA) is 58.1 Å². The molecule has 5 nitrogen and oxygen atoms in total. The molecule has 0 fully saturated rings. The van der Waals surface area contributed by atoms with Crippen LogP contribution >= 0.6 is 0 Å². The zero-order valence-electron chi connectivity index (χ0n) is 12.9. The number of nitrogens with one attached hydrogen (secondary N) is 1. The Morgan fingerprint density at radius 2 is 1.91 bits per heavy atom. The third-order valence-corrected chi connectivity index (χ3v) is 3.74. The van der Waals surface area contributed by atoms with E-state index in [-0.39, 0.29) is 11.9 Å². The van der Waals surface area contributed by atoms with Gasteiger partial charge < -0.3 is 10.2 Å². The molecule has 1 aliphatic heterocycles. The fraction of sp³-hybridized carbons (Fsp3) is 0.353. The summed E-state index contributed by atoms with van der Waals surface area (Å²) >= 11 is 0. The first-order valence-electron chi connectivity index (χ1n) is 7.60. The van der Waals surface area contributed by atoms with E-state index in [0.29, 0.717) is 18.1 Å². The third-order valence-electron chi connectivity index (χ3n) is 3.74. The average Bonchev–Trinajstić information content (AvgIpc) is 2.54. The van der Waals surface area contributed by atoms with E-state index in [1.807, 2.05) is 30.9 Å². The van der Waals surface area contributed by atoms with Gasteiger partial charge in [0.2, 0.25) is 0 Å². The minimum Gasteiger partial charge on any atom is -0.366 e. The van der Waals surface area contributed by atoms with Crippen LogP contribution in [0.2, 0.25) is 0 Å². The molecule has 1 amide bonds. The maximum absolute atomic E-state index is 12.5. The van der Waals surface area contributed by atoms with Crippen molar-refractivity contribution in [3.8, 4) is 0 Å². The lowest BCUT2D eigenvalue weighted by Crippen LogP contribution is -2.36. The highest BCUT2D eigenvalue weighted by molar-refractivity contribution is 5.92. The van der Waals surface area contributed by atoms with Crippen LogP contribution in [0.1, 0.15) is 35.5 Å². The van der Waals surface area contributed by atoms with Gasteiger partial charge in [0.25, 0.3) is 5.91 Å². The summed E-state index contributed by atoms with van der Waals surface area (Å²) in [6, 6.07) is 12.1. The van der Waals surface area contributed by atoms with Crippen LogP contribution in [0, 0.1) is 0 Å². The fourth-order valence-corrected chi connectivity index (χ4v) is 2.65. The van der Waals surface area contributed by atoms with Crippen LogP contribution in [-0.2, 0) is 13.0 Å². The predicted molar refractivity (Wildman–Crippen MR) is 85.7 cm³/mol. The molecule has 0 saturated heterocycles. The van der Waals surface area contributed by atoms with Crippen LogP contribution in [0.4, 0.5) is 5.82 Å². The molecule has 1 N–H and O–H groups in total. The molecule has 0 radical (unpaired) electrons. The molecule has 22 heavy (non-hydrogen) atoms. The average molecular weight is 296 g/mol. The Hall–Kier alpha value is -2.43. The van der Waals surface area contributed by atoms with E-state index in [1.54, 1.807) is 12.1 Å². The van der Waals surface area contributed by atoms with Gasteiger partial charge in [-0.05, 0) is 43.5 Å². The van der Waals surface area contributed by atoms with Crippen molar-refractivity contribution in [3.63, 3.8) is 0 Å². The molecule has 0 aliphatic carbocycles. The lowest BCUT2D eigenvalue weighted by Gasteiger charge is -2.28. The molecule has 0 unspecified atom stereocenters. The Morgan fingerprint density at radius 3 is 2.59 bits per heavy atom. The second-order valence-electron chi connectivity index (χ2n) is 5.85. The molecule has 0 bridgehead atoms. The molecule has 1 aromatic heterocycles. The third kappa shape index (κ3) is 3.08. The van der Waals surface area contributed by atoms with Gasteiger partial charge >= 0.3 is 0 Å². The number of aromatic nitrogens is 2. The van der Waals surface area contributed by atoms with Gasteiger partial charge in [-0.3, -0.25) is 4.79 Å². The first-order chi connectivity index (χ1) is 10.6. The number of benzene rings is 1. The maximum Gasteiger partial charge on any atom is 0.274 e. The van der Waals surface area contributed by atoms with E-state index in [4.69, 9.17) is 0 Å². The van der Waals surface area contributed by atoms with Gasteiger partial charge in [-0.1, -0.05) is 24.3 Å². The number of hydrogen-bond donors (Lipinski definition) is 1. The molecule has 2 heterocycles. The van der Waals surface area contributed by atoms with E-state index in [0.717, 1.165) is 13.0 Å². The molecule has 1 aromatic carbocycles. The highest BCUT2D eigenvalue weighted by Gasteiger charge is 2.22. The molecule has 0 spiro atoms. The molecule has 1 aliphatic rings. The number of hydrogen-bond acceptors (Lipinski definition) is 4. The molecule has 114 valence electrons. The Morgan fingerprint density at radius 1 is 1.14 bits per heavy atom. The molecule has 2 aromatic rings.